The van der Waals surface area contributed by atoms with Crippen molar-refractivity contribution < 1.29 is 4.74 Å². The minimum atomic E-state index is 0.104. The lowest BCUT2D eigenvalue weighted by Gasteiger charge is -2.13. The second-order valence-electron chi connectivity index (χ2n) is 4.85. The maximum Gasteiger partial charge on any atom is 0.120 e. The Hall–Kier alpha value is -0.730. The van der Waals surface area contributed by atoms with Crippen LogP contribution in [0.3, 0.4) is 0 Å². The second kappa shape index (κ2) is 7.57. The highest BCUT2D eigenvalue weighted by Gasteiger charge is 2.04. The zero-order chi connectivity index (χ0) is 12.7. The topological polar surface area (TPSA) is 35.2 Å². The van der Waals surface area contributed by atoms with Gasteiger partial charge in [-0.3, -0.25) is 0 Å². The molecule has 0 aliphatic rings. The van der Waals surface area contributed by atoms with Crippen LogP contribution in [0, 0.1) is 5.92 Å². The van der Waals surface area contributed by atoms with Crippen LogP contribution in [-0.2, 0) is 0 Å². The smallest absolute Gasteiger partial charge is 0.120 e. The number of hydrogen-bond donors (Lipinski definition) is 1. The number of benzene rings is 1. The molecule has 2 nitrogen and oxygen atoms in total. The van der Waals surface area contributed by atoms with E-state index in [9.17, 15) is 0 Å². The zero-order valence-electron chi connectivity index (χ0n) is 10.7. The SMILES string of the molecule is CC(C)CCCC(N)COc1cccc(Cl)c1. The van der Waals surface area contributed by atoms with Crippen molar-refractivity contribution in [3.05, 3.63) is 29.3 Å². The monoisotopic (exact) mass is 255 g/mol. The standard InChI is InChI=1S/C14H22ClNO/c1-11(2)5-3-7-13(16)10-17-14-8-4-6-12(15)9-14/h4,6,8-9,11,13H,3,5,7,10,16H2,1-2H3. The molecule has 0 bridgehead atoms. The van der Waals surface area contributed by atoms with Gasteiger partial charge in [-0.15, -0.1) is 0 Å². The van der Waals surface area contributed by atoms with E-state index in [-0.39, 0.29) is 6.04 Å². The van der Waals surface area contributed by atoms with Gasteiger partial charge in [0.2, 0.25) is 0 Å². The summed E-state index contributed by atoms with van der Waals surface area (Å²) in [6.45, 7) is 5.01. The Morgan fingerprint density at radius 2 is 2.06 bits per heavy atom. The van der Waals surface area contributed by atoms with Crippen LogP contribution in [0.4, 0.5) is 0 Å². The molecule has 0 aliphatic carbocycles. The van der Waals surface area contributed by atoms with Gasteiger partial charge in [-0.05, 0) is 30.5 Å². The van der Waals surface area contributed by atoms with Gasteiger partial charge in [-0.25, -0.2) is 0 Å². The molecule has 0 heterocycles. The molecular weight excluding hydrogens is 234 g/mol. The van der Waals surface area contributed by atoms with Crippen molar-refractivity contribution in [1.29, 1.82) is 0 Å². The lowest BCUT2D eigenvalue weighted by molar-refractivity contribution is 0.278. The van der Waals surface area contributed by atoms with Crippen LogP contribution in [-0.4, -0.2) is 12.6 Å². The molecule has 17 heavy (non-hydrogen) atoms. The second-order valence-corrected chi connectivity index (χ2v) is 5.29. The summed E-state index contributed by atoms with van der Waals surface area (Å²) < 4.78 is 5.60. The van der Waals surface area contributed by atoms with Crippen molar-refractivity contribution in [2.24, 2.45) is 11.7 Å². The zero-order valence-corrected chi connectivity index (χ0v) is 11.4. The maximum absolute atomic E-state index is 5.99. The lowest BCUT2D eigenvalue weighted by Crippen LogP contribution is -2.27. The van der Waals surface area contributed by atoms with E-state index < -0.39 is 0 Å². The Labute approximate surface area is 109 Å². The highest BCUT2D eigenvalue weighted by atomic mass is 35.5. The molecule has 0 saturated heterocycles. The van der Waals surface area contributed by atoms with Crippen LogP contribution in [0.1, 0.15) is 33.1 Å². The summed E-state index contributed by atoms with van der Waals surface area (Å²) in [5.74, 6) is 1.54. The van der Waals surface area contributed by atoms with Crippen molar-refractivity contribution in [2.45, 2.75) is 39.2 Å². The third-order valence-corrected chi connectivity index (χ3v) is 2.85. The van der Waals surface area contributed by atoms with E-state index in [2.05, 4.69) is 13.8 Å². The first-order valence-electron chi connectivity index (χ1n) is 6.22. The van der Waals surface area contributed by atoms with Crippen molar-refractivity contribution in [3.63, 3.8) is 0 Å². The number of halogens is 1. The minimum absolute atomic E-state index is 0.104. The Morgan fingerprint density at radius 1 is 1.29 bits per heavy atom. The first kappa shape index (κ1) is 14.3. The van der Waals surface area contributed by atoms with Crippen molar-refractivity contribution in [3.8, 4) is 5.75 Å². The van der Waals surface area contributed by atoms with Crippen molar-refractivity contribution in [1.82, 2.24) is 0 Å². The van der Waals surface area contributed by atoms with E-state index >= 15 is 0 Å². The van der Waals surface area contributed by atoms with Gasteiger partial charge >= 0.3 is 0 Å². The fourth-order valence-electron chi connectivity index (χ4n) is 1.63. The number of ether oxygens (including phenoxy) is 1. The van der Waals surface area contributed by atoms with E-state index in [0.717, 1.165) is 24.5 Å². The number of hydrogen-bond acceptors (Lipinski definition) is 2. The molecule has 1 unspecified atom stereocenters. The van der Waals surface area contributed by atoms with Gasteiger partial charge in [0.25, 0.3) is 0 Å². The molecule has 0 amide bonds. The average Bonchev–Trinajstić information content (AvgIpc) is 2.26. The Kier molecular flexibility index (Phi) is 6.38. The summed E-state index contributed by atoms with van der Waals surface area (Å²) in [7, 11) is 0. The minimum Gasteiger partial charge on any atom is -0.492 e. The molecule has 3 heteroatoms. The third kappa shape index (κ3) is 6.54. The average molecular weight is 256 g/mol. The van der Waals surface area contributed by atoms with E-state index in [0.29, 0.717) is 11.6 Å². The van der Waals surface area contributed by atoms with Gasteiger partial charge in [-0.2, -0.15) is 0 Å². The molecule has 0 saturated carbocycles. The molecule has 0 aromatic heterocycles. The van der Waals surface area contributed by atoms with Gasteiger partial charge in [0.1, 0.15) is 12.4 Å². The molecule has 96 valence electrons. The van der Waals surface area contributed by atoms with E-state index in [1.807, 2.05) is 24.3 Å². The van der Waals surface area contributed by atoms with Gasteiger partial charge in [-0.1, -0.05) is 44.4 Å². The third-order valence-electron chi connectivity index (χ3n) is 2.62. The maximum atomic E-state index is 5.99. The summed E-state index contributed by atoms with van der Waals surface area (Å²) in [4.78, 5) is 0. The van der Waals surface area contributed by atoms with Gasteiger partial charge < -0.3 is 10.5 Å². The highest BCUT2D eigenvalue weighted by Crippen LogP contribution is 2.17. The van der Waals surface area contributed by atoms with E-state index in [1.54, 1.807) is 0 Å². The molecule has 0 aliphatic heterocycles. The Morgan fingerprint density at radius 3 is 2.71 bits per heavy atom. The highest BCUT2D eigenvalue weighted by molar-refractivity contribution is 6.30. The van der Waals surface area contributed by atoms with Crippen LogP contribution in [0.2, 0.25) is 5.02 Å². The molecule has 0 fully saturated rings. The quantitative estimate of drug-likeness (QED) is 0.803. The predicted octanol–water partition coefficient (Wildman–Crippen LogP) is 3.87. The normalized spacial score (nSPS) is 12.8. The summed E-state index contributed by atoms with van der Waals surface area (Å²) in [6.07, 6.45) is 3.40. The molecule has 0 radical (unpaired) electrons. The summed E-state index contributed by atoms with van der Waals surface area (Å²) in [5, 5.41) is 0.691. The molecule has 2 N–H and O–H groups in total. The first-order valence-corrected chi connectivity index (χ1v) is 6.59. The van der Waals surface area contributed by atoms with Crippen LogP contribution in [0.25, 0.3) is 0 Å². The molecule has 1 aromatic carbocycles. The van der Waals surface area contributed by atoms with Crippen LogP contribution in [0.5, 0.6) is 5.75 Å². The predicted molar refractivity (Wildman–Crippen MR) is 73.6 cm³/mol. The summed E-state index contributed by atoms with van der Waals surface area (Å²) in [6, 6.07) is 7.52. The Balaban J connectivity index is 2.21. The fraction of sp³-hybridized carbons (Fsp3) is 0.571. The molecule has 1 aromatic rings. The van der Waals surface area contributed by atoms with Crippen molar-refractivity contribution in [2.75, 3.05) is 6.61 Å². The van der Waals surface area contributed by atoms with Crippen LogP contribution >= 0.6 is 11.6 Å². The largest absolute Gasteiger partial charge is 0.492 e. The van der Waals surface area contributed by atoms with E-state index in [4.69, 9.17) is 22.1 Å². The first-order chi connectivity index (χ1) is 8.08. The molecule has 0 spiro atoms. The Bertz CT molecular complexity index is 328. The summed E-state index contributed by atoms with van der Waals surface area (Å²) in [5.41, 5.74) is 5.99. The number of nitrogens with two attached hydrogens (primary N) is 1. The molecular formula is C14H22ClNO. The van der Waals surface area contributed by atoms with Gasteiger partial charge in [0, 0.05) is 11.1 Å². The number of rotatable bonds is 7. The van der Waals surface area contributed by atoms with Crippen molar-refractivity contribution >= 4 is 11.6 Å². The van der Waals surface area contributed by atoms with Gasteiger partial charge in [0.15, 0.2) is 0 Å². The van der Waals surface area contributed by atoms with Gasteiger partial charge in [0.05, 0.1) is 0 Å². The molecule has 1 atom stereocenters. The fourth-order valence-corrected chi connectivity index (χ4v) is 1.81. The van der Waals surface area contributed by atoms with Crippen LogP contribution < -0.4 is 10.5 Å². The lowest BCUT2D eigenvalue weighted by atomic mass is 10.0. The van der Waals surface area contributed by atoms with Crippen LogP contribution in [0.15, 0.2) is 24.3 Å². The van der Waals surface area contributed by atoms with E-state index in [1.165, 1.54) is 6.42 Å². The molecule has 1 rings (SSSR count). The summed E-state index contributed by atoms with van der Waals surface area (Å²) >= 11 is 5.87.